The van der Waals surface area contributed by atoms with E-state index in [4.69, 9.17) is 10.5 Å². The monoisotopic (exact) mass is 169 g/mol. The highest BCUT2D eigenvalue weighted by Gasteiger charge is 2.26. The largest absolute Gasteiger partial charge is 0.493 e. The maximum absolute atomic E-state index is 5.95. The summed E-state index contributed by atoms with van der Waals surface area (Å²) in [6, 6.07) is 0.0670. The topological polar surface area (TPSA) is 35.2 Å². The molecule has 0 saturated heterocycles. The Morgan fingerprint density at radius 3 is 2.33 bits per heavy atom. The standard InChI is InChI=1S/C10H19NO/c1-6(2)10(11)9-5-7(3)8(4)12-9/h5-8,10H,11H2,1-4H3/t7?,8?,10-/m1/s1. The van der Waals surface area contributed by atoms with Crippen LogP contribution in [0.3, 0.4) is 0 Å². The molecule has 0 aliphatic carbocycles. The smallest absolute Gasteiger partial charge is 0.110 e. The lowest BCUT2D eigenvalue weighted by Gasteiger charge is -2.18. The van der Waals surface area contributed by atoms with E-state index in [-0.39, 0.29) is 6.04 Å². The zero-order chi connectivity index (χ0) is 9.30. The van der Waals surface area contributed by atoms with Crippen LogP contribution in [0.2, 0.25) is 0 Å². The molecule has 0 radical (unpaired) electrons. The Hall–Kier alpha value is -0.500. The van der Waals surface area contributed by atoms with Crippen molar-refractivity contribution in [3.8, 4) is 0 Å². The van der Waals surface area contributed by atoms with Crippen LogP contribution in [0.25, 0.3) is 0 Å². The van der Waals surface area contributed by atoms with E-state index < -0.39 is 0 Å². The lowest BCUT2D eigenvalue weighted by atomic mass is 10.0. The highest BCUT2D eigenvalue weighted by Crippen LogP contribution is 2.26. The molecule has 0 bridgehead atoms. The van der Waals surface area contributed by atoms with E-state index in [0.29, 0.717) is 17.9 Å². The van der Waals surface area contributed by atoms with Crippen molar-refractivity contribution in [3.63, 3.8) is 0 Å². The fraction of sp³-hybridized carbons (Fsp3) is 0.800. The molecule has 1 rings (SSSR count). The Balaban J connectivity index is 2.60. The summed E-state index contributed by atoms with van der Waals surface area (Å²) in [6.07, 6.45) is 2.44. The molecule has 0 fully saturated rings. The minimum absolute atomic E-state index is 0.0670. The van der Waals surface area contributed by atoms with E-state index in [2.05, 4.69) is 33.8 Å². The molecule has 1 aliphatic rings. The van der Waals surface area contributed by atoms with Gasteiger partial charge in [-0.1, -0.05) is 20.8 Å². The van der Waals surface area contributed by atoms with Crippen LogP contribution in [0.1, 0.15) is 27.7 Å². The third-order valence-corrected chi connectivity index (χ3v) is 2.54. The van der Waals surface area contributed by atoms with Crippen molar-refractivity contribution in [2.45, 2.75) is 39.8 Å². The van der Waals surface area contributed by atoms with Crippen LogP contribution in [0, 0.1) is 11.8 Å². The highest BCUT2D eigenvalue weighted by atomic mass is 16.5. The molecule has 0 aromatic heterocycles. The van der Waals surface area contributed by atoms with Crippen LogP contribution in [0.5, 0.6) is 0 Å². The zero-order valence-corrected chi connectivity index (χ0v) is 8.37. The van der Waals surface area contributed by atoms with E-state index >= 15 is 0 Å². The molecule has 0 aromatic rings. The third-order valence-electron chi connectivity index (χ3n) is 2.54. The van der Waals surface area contributed by atoms with E-state index in [0.717, 1.165) is 5.76 Å². The van der Waals surface area contributed by atoms with Gasteiger partial charge in [-0.15, -0.1) is 0 Å². The van der Waals surface area contributed by atoms with E-state index in [9.17, 15) is 0 Å². The first-order chi connectivity index (χ1) is 5.52. The molecule has 12 heavy (non-hydrogen) atoms. The van der Waals surface area contributed by atoms with Crippen molar-refractivity contribution in [2.24, 2.45) is 17.6 Å². The second-order valence-electron chi connectivity index (χ2n) is 4.02. The Labute approximate surface area is 74.8 Å². The summed E-state index contributed by atoms with van der Waals surface area (Å²) < 4.78 is 5.63. The third kappa shape index (κ3) is 1.81. The van der Waals surface area contributed by atoms with Crippen LogP contribution in [-0.4, -0.2) is 12.1 Å². The highest BCUT2D eigenvalue weighted by molar-refractivity contribution is 5.11. The van der Waals surface area contributed by atoms with Crippen LogP contribution in [0.4, 0.5) is 0 Å². The van der Waals surface area contributed by atoms with Gasteiger partial charge in [-0.3, -0.25) is 0 Å². The Morgan fingerprint density at radius 1 is 1.42 bits per heavy atom. The molecule has 70 valence electrons. The van der Waals surface area contributed by atoms with Crippen molar-refractivity contribution in [3.05, 3.63) is 11.8 Å². The van der Waals surface area contributed by atoms with Gasteiger partial charge in [0.25, 0.3) is 0 Å². The minimum atomic E-state index is 0.0670. The summed E-state index contributed by atoms with van der Waals surface area (Å²) in [5.74, 6) is 1.93. The summed E-state index contributed by atoms with van der Waals surface area (Å²) in [4.78, 5) is 0. The van der Waals surface area contributed by atoms with E-state index in [1.165, 1.54) is 0 Å². The lowest BCUT2D eigenvalue weighted by molar-refractivity contribution is 0.117. The van der Waals surface area contributed by atoms with Crippen LogP contribution in [-0.2, 0) is 4.74 Å². The molecular formula is C10H19NO. The van der Waals surface area contributed by atoms with Gasteiger partial charge in [0, 0.05) is 5.92 Å². The number of hydrogen-bond donors (Lipinski definition) is 1. The average Bonchev–Trinajstić information content (AvgIpc) is 2.30. The van der Waals surface area contributed by atoms with Crippen molar-refractivity contribution in [1.82, 2.24) is 0 Å². The predicted molar refractivity (Wildman–Crippen MR) is 50.6 cm³/mol. The minimum Gasteiger partial charge on any atom is -0.493 e. The first-order valence-electron chi connectivity index (χ1n) is 4.66. The average molecular weight is 169 g/mol. The molecule has 2 N–H and O–H groups in total. The van der Waals surface area contributed by atoms with Gasteiger partial charge in [-0.25, -0.2) is 0 Å². The number of nitrogens with two attached hydrogens (primary N) is 1. The van der Waals surface area contributed by atoms with Gasteiger partial charge < -0.3 is 10.5 Å². The lowest BCUT2D eigenvalue weighted by Crippen LogP contribution is -2.29. The summed E-state index contributed by atoms with van der Waals surface area (Å²) >= 11 is 0. The fourth-order valence-electron chi connectivity index (χ4n) is 1.27. The van der Waals surface area contributed by atoms with Crippen LogP contribution < -0.4 is 5.73 Å². The maximum atomic E-state index is 5.95. The Bertz CT molecular complexity index is 186. The van der Waals surface area contributed by atoms with Crippen molar-refractivity contribution in [1.29, 1.82) is 0 Å². The number of hydrogen-bond acceptors (Lipinski definition) is 2. The molecule has 2 heteroatoms. The van der Waals surface area contributed by atoms with Gasteiger partial charge in [-0.2, -0.15) is 0 Å². The molecule has 1 aliphatic heterocycles. The number of rotatable bonds is 2. The molecule has 0 aromatic carbocycles. The Morgan fingerprint density at radius 2 is 2.00 bits per heavy atom. The van der Waals surface area contributed by atoms with Gasteiger partial charge in [0.05, 0.1) is 6.04 Å². The fourth-order valence-corrected chi connectivity index (χ4v) is 1.27. The summed E-state index contributed by atoms with van der Waals surface area (Å²) in [5.41, 5.74) is 5.95. The maximum Gasteiger partial charge on any atom is 0.110 e. The molecule has 3 atom stereocenters. The van der Waals surface area contributed by atoms with Crippen LogP contribution in [0.15, 0.2) is 11.8 Å². The second kappa shape index (κ2) is 3.48. The summed E-state index contributed by atoms with van der Waals surface area (Å²) in [7, 11) is 0. The first-order valence-corrected chi connectivity index (χ1v) is 4.66. The SMILES string of the molecule is CC1C=C([C@H](N)C(C)C)OC1C. The first kappa shape index (κ1) is 9.59. The van der Waals surface area contributed by atoms with Gasteiger partial charge >= 0.3 is 0 Å². The van der Waals surface area contributed by atoms with E-state index in [1.807, 2.05) is 0 Å². The molecule has 2 unspecified atom stereocenters. The Kier molecular flexibility index (Phi) is 2.78. The molecule has 1 heterocycles. The van der Waals surface area contributed by atoms with Gasteiger partial charge in [0.2, 0.25) is 0 Å². The molecule has 0 amide bonds. The summed E-state index contributed by atoms with van der Waals surface area (Å²) in [6.45, 7) is 8.47. The van der Waals surface area contributed by atoms with E-state index in [1.54, 1.807) is 0 Å². The number of ether oxygens (including phenoxy) is 1. The van der Waals surface area contributed by atoms with Gasteiger partial charge in [0.15, 0.2) is 0 Å². The quantitative estimate of drug-likeness (QED) is 0.685. The van der Waals surface area contributed by atoms with Gasteiger partial charge in [0.1, 0.15) is 11.9 Å². The molecule has 0 spiro atoms. The molecular weight excluding hydrogens is 150 g/mol. The van der Waals surface area contributed by atoms with Gasteiger partial charge in [-0.05, 0) is 18.9 Å². The van der Waals surface area contributed by atoms with Crippen molar-refractivity contribution >= 4 is 0 Å². The van der Waals surface area contributed by atoms with Crippen molar-refractivity contribution in [2.75, 3.05) is 0 Å². The van der Waals surface area contributed by atoms with Crippen LogP contribution >= 0.6 is 0 Å². The molecule has 0 saturated carbocycles. The predicted octanol–water partition coefficient (Wildman–Crippen LogP) is 1.91. The second-order valence-corrected chi connectivity index (χ2v) is 4.02. The normalized spacial score (nSPS) is 31.7. The summed E-state index contributed by atoms with van der Waals surface area (Å²) in [5, 5.41) is 0. The van der Waals surface area contributed by atoms with Crippen molar-refractivity contribution < 1.29 is 4.74 Å². The zero-order valence-electron chi connectivity index (χ0n) is 8.37. The molecule has 2 nitrogen and oxygen atoms in total.